The van der Waals surface area contributed by atoms with Crippen molar-refractivity contribution in [3.8, 4) is 0 Å². The lowest BCUT2D eigenvalue weighted by molar-refractivity contribution is -0.160. The second kappa shape index (κ2) is 6.89. The fourth-order valence-electron chi connectivity index (χ4n) is 2.24. The van der Waals surface area contributed by atoms with Crippen LogP contribution >= 0.6 is 0 Å². The quantitative estimate of drug-likeness (QED) is 0.751. The highest BCUT2D eigenvalue weighted by Crippen LogP contribution is 2.26. The van der Waals surface area contributed by atoms with Crippen molar-refractivity contribution < 1.29 is 23.9 Å². The number of amides is 1. The van der Waals surface area contributed by atoms with Crippen LogP contribution < -0.4 is 5.32 Å². The third-order valence-electron chi connectivity index (χ3n) is 3.15. The minimum atomic E-state index is -0.597. The number of ether oxygens (including phenoxy) is 2. The van der Waals surface area contributed by atoms with Crippen molar-refractivity contribution >= 4 is 17.8 Å². The van der Waals surface area contributed by atoms with Crippen molar-refractivity contribution in [3.05, 3.63) is 0 Å². The van der Waals surface area contributed by atoms with Crippen molar-refractivity contribution in [1.82, 2.24) is 10.2 Å². The van der Waals surface area contributed by atoms with Gasteiger partial charge in [0.15, 0.2) is 0 Å². The molecule has 2 atom stereocenters. The normalized spacial score (nSPS) is 22.7. The van der Waals surface area contributed by atoms with Crippen molar-refractivity contribution in [1.29, 1.82) is 0 Å². The van der Waals surface area contributed by atoms with E-state index in [-0.39, 0.29) is 30.4 Å². The van der Waals surface area contributed by atoms with Crippen LogP contribution in [0.2, 0.25) is 0 Å². The first-order valence-corrected chi connectivity index (χ1v) is 6.93. The molecule has 1 fully saturated rings. The Morgan fingerprint density at radius 3 is 2.33 bits per heavy atom. The molecule has 0 saturated carbocycles. The minimum Gasteiger partial charge on any atom is -0.469 e. The third kappa shape index (κ3) is 5.34. The maximum Gasteiger partial charge on any atom is 0.323 e. The first kappa shape index (κ1) is 17.4. The number of carbonyl (C=O) groups is 3. The zero-order chi connectivity index (χ0) is 16.2. The molecule has 1 saturated heterocycles. The van der Waals surface area contributed by atoms with Gasteiger partial charge in [0.2, 0.25) is 5.91 Å². The molecule has 120 valence electrons. The number of hydrogen-bond acceptors (Lipinski definition) is 6. The molecule has 0 spiro atoms. The van der Waals surface area contributed by atoms with Gasteiger partial charge in [0.25, 0.3) is 0 Å². The molecule has 0 aromatic carbocycles. The SMILES string of the molecule is COC(=O)C1CC(C(=O)OC(C)(C)C)N(CNC(C)=O)C1. The van der Waals surface area contributed by atoms with Gasteiger partial charge in [0.05, 0.1) is 19.7 Å². The van der Waals surface area contributed by atoms with Crippen LogP contribution in [0.5, 0.6) is 0 Å². The second-order valence-corrected chi connectivity index (χ2v) is 6.17. The Labute approximate surface area is 124 Å². The maximum absolute atomic E-state index is 12.2. The van der Waals surface area contributed by atoms with Crippen LogP contribution in [0.25, 0.3) is 0 Å². The number of hydrogen-bond donors (Lipinski definition) is 1. The molecule has 1 amide bonds. The van der Waals surface area contributed by atoms with Gasteiger partial charge in [-0.15, -0.1) is 0 Å². The van der Waals surface area contributed by atoms with Crippen LogP contribution in [0.3, 0.4) is 0 Å². The summed E-state index contributed by atoms with van der Waals surface area (Å²) >= 11 is 0. The van der Waals surface area contributed by atoms with Crippen LogP contribution in [0.4, 0.5) is 0 Å². The number of esters is 2. The molecule has 1 rings (SSSR count). The molecule has 7 heteroatoms. The molecule has 1 N–H and O–H groups in total. The fraction of sp³-hybridized carbons (Fsp3) is 0.786. The molecule has 0 aliphatic carbocycles. The molecule has 0 bridgehead atoms. The maximum atomic E-state index is 12.2. The number of nitrogens with one attached hydrogen (secondary N) is 1. The Balaban J connectivity index is 2.77. The van der Waals surface area contributed by atoms with E-state index >= 15 is 0 Å². The van der Waals surface area contributed by atoms with E-state index in [0.29, 0.717) is 13.0 Å². The third-order valence-corrected chi connectivity index (χ3v) is 3.15. The molecule has 0 aromatic rings. The summed E-state index contributed by atoms with van der Waals surface area (Å²) in [6.45, 7) is 7.32. The number of methoxy groups -OCH3 is 1. The lowest BCUT2D eigenvalue weighted by Gasteiger charge is -2.27. The number of carbonyl (C=O) groups excluding carboxylic acids is 3. The number of likely N-dealkylation sites (tertiary alicyclic amines) is 1. The minimum absolute atomic E-state index is 0.195. The van der Waals surface area contributed by atoms with Gasteiger partial charge in [0.1, 0.15) is 11.6 Å². The van der Waals surface area contributed by atoms with Crippen molar-refractivity contribution in [2.45, 2.75) is 45.8 Å². The van der Waals surface area contributed by atoms with E-state index in [0.717, 1.165) is 0 Å². The Morgan fingerprint density at radius 1 is 1.24 bits per heavy atom. The van der Waals surface area contributed by atoms with Gasteiger partial charge >= 0.3 is 11.9 Å². The van der Waals surface area contributed by atoms with Crippen LogP contribution in [0.1, 0.15) is 34.1 Å². The molecular formula is C14H24N2O5. The monoisotopic (exact) mass is 300 g/mol. The van der Waals surface area contributed by atoms with Gasteiger partial charge in [-0.25, -0.2) is 0 Å². The van der Waals surface area contributed by atoms with Crippen molar-refractivity contribution in [2.75, 3.05) is 20.3 Å². The summed E-state index contributed by atoms with van der Waals surface area (Å²) in [6, 6.07) is -0.555. The van der Waals surface area contributed by atoms with Crippen LogP contribution in [-0.2, 0) is 23.9 Å². The predicted octanol–water partition coefficient (Wildman–Crippen LogP) is 0.285. The summed E-state index contributed by atoms with van der Waals surface area (Å²) in [5, 5.41) is 2.64. The van der Waals surface area contributed by atoms with Crippen LogP contribution in [0, 0.1) is 5.92 Å². The van der Waals surface area contributed by atoms with E-state index in [4.69, 9.17) is 9.47 Å². The Kier molecular flexibility index (Phi) is 5.71. The van der Waals surface area contributed by atoms with Gasteiger partial charge in [-0.05, 0) is 27.2 Å². The van der Waals surface area contributed by atoms with E-state index < -0.39 is 11.6 Å². The van der Waals surface area contributed by atoms with E-state index in [1.54, 1.807) is 25.7 Å². The zero-order valence-corrected chi connectivity index (χ0v) is 13.3. The highest BCUT2D eigenvalue weighted by Gasteiger charge is 2.42. The fourth-order valence-corrected chi connectivity index (χ4v) is 2.24. The van der Waals surface area contributed by atoms with Gasteiger partial charge < -0.3 is 14.8 Å². The molecule has 2 unspecified atom stereocenters. The van der Waals surface area contributed by atoms with Gasteiger partial charge in [-0.3, -0.25) is 19.3 Å². The summed E-state index contributed by atoms with van der Waals surface area (Å²) < 4.78 is 10.1. The Hall–Kier alpha value is -1.63. The van der Waals surface area contributed by atoms with Crippen molar-refractivity contribution in [3.63, 3.8) is 0 Å². The topological polar surface area (TPSA) is 84.9 Å². The zero-order valence-electron chi connectivity index (χ0n) is 13.3. The van der Waals surface area contributed by atoms with Crippen LogP contribution in [0.15, 0.2) is 0 Å². The highest BCUT2D eigenvalue weighted by atomic mass is 16.6. The van der Waals surface area contributed by atoms with Gasteiger partial charge in [0, 0.05) is 13.5 Å². The van der Waals surface area contributed by atoms with Gasteiger partial charge in [-0.2, -0.15) is 0 Å². The smallest absolute Gasteiger partial charge is 0.323 e. The van der Waals surface area contributed by atoms with E-state index in [1.165, 1.54) is 14.0 Å². The molecule has 1 aliphatic rings. The van der Waals surface area contributed by atoms with E-state index in [1.807, 2.05) is 0 Å². The number of nitrogens with zero attached hydrogens (tertiary/aromatic N) is 1. The largest absolute Gasteiger partial charge is 0.469 e. The summed E-state index contributed by atoms with van der Waals surface area (Å²) in [6.07, 6.45) is 0.334. The van der Waals surface area contributed by atoms with Crippen molar-refractivity contribution in [2.24, 2.45) is 5.92 Å². The molecular weight excluding hydrogens is 276 g/mol. The first-order chi connectivity index (χ1) is 9.64. The standard InChI is InChI=1S/C14H24N2O5/c1-9(17)15-8-16-7-10(12(18)20-5)6-11(16)13(19)21-14(2,3)4/h10-11H,6-8H2,1-5H3,(H,15,17). The van der Waals surface area contributed by atoms with E-state index in [9.17, 15) is 14.4 Å². The summed E-state index contributed by atoms with van der Waals surface area (Å²) in [7, 11) is 1.32. The predicted molar refractivity (Wildman–Crippen MR) is 75.1 cm³/mol. The Bertz CT molecular complexity index is 416. The van der Waals surface area contributed by atoms with E-state index in [2.05, 4.69) is 5.32 Å². The second-order valence-electron chi connectivity index (χ2n) is 6.17. The van der Waals surface area contributed by atoms with Gasteiger partial charge in [-0.1, -0.05) is 0 Å². The summed E-state index contributed by atoms with van der Waals surface area (Å²) in [5.41, 5.74) is -0.597. The molecule has 21 heavy (non-hydrogen) atoms. The lowest BCUT2D eigenvalue weighted by Crippen LogP contribution is -2.45. The Morgan fingerprint density at radius 2 is 1.86 bits per heavy atom. The summed E-state index contributed by atoms with van der Waals surface area (Å²) in [4.78, 5) is 36.7. The molecule has 1 aliphatic heterocycles. The molecule has 1 heterocycles. The molecule has 7 nitrogen and oxygen atoms in total. The lowest BCUT2D eigenvalue weighted by atomic mass is 10.1. The first-order valence-electron chi connectivity index (χ1n) is 6.93. The molecule has 0 radical (unpaired) electrons. The summed E-state index contributed by atoms with van der Waals surface area (Å²) in [5.74, 6) is -1.33. The van der Waals surface area contributed by atoms with Crippen LogP contribution in [-0.4, -0.2) is 54.7 Å². The highest BCUT2D eigenvalue weighted by molar-refractivity contribution is 5.80. The average molecular weight is 300 g/mol. The molecule has 0 aromatic heterocycles. The number of rotatable bonds is 4. The average Bonchev–Trinajstić information content (AvgIpc) is 2.77.